The van der Waals surface area contributed by atoms with Crippen LogP contribution in [0.1, 0.15) is 102 Å². The number of benzene rings is 4. The molecule has 6 rings (SSSR count). The van der Waals surface area contributed by atoms with E-state index in [0.717, 1.165) is 0 Å². The Balaban J connectivity index is 1.52. The van der Waals surface area contributed by atoms with Crippen LogP contribution in [0.2, 0.25) is 13.1 Å². The normalized spacial score (nSPS) is 18.7. The SMILES string of the molecule is CC1=Cc2c(-c3ccc(C(C)C)cc3)cccc2[CH]1[Zr]([Cl])([Cl])([CH]1C(C(C)C)=Cc2c(-c3ccc(C(C)(C)C)cc3)cccc21)[SiH](C)C. The van der Waals surface area contributed by atoms with E-state index in [1.54, 1.807) is 0 Å². The first-order valence-corrected chi connectivity index (χ1v) is 33.8. The molecule has 2 aliphatic rings. The zero-order valence-electron chi connectivity index (χ0n) is 29.9. The monoisotopic (exact) mass is 755 g/mol. The Bertz CT molecular complexity index is 1890. The van der Waals surface area contributed by atoms with Crippen LogP contribution in [0.25, 0.3) is 34.4 Å². The molecule has 4 heteroatoms. The summed E-state index contributed by atoms with van der Waals surface area (Å²) in [6, 6.07) is 32.0. The minimum absolute atomic E-state index is 0.0866. The number of fused-ring (bicyclic) bond motifs is 2. The molecule has 0 amide bonds. The molecule has 0 spiro atoms. The van der Waals surface area contributed by atoms with Crippen molar-refractivity contribution in [1.29, 1.82) is 0 Å². The number of allylic oxidation sites excluding steroid dienone is 2. The van der Waals surface area contributed by atoms with Crippen LogP contribution in [0.3, 0.4) is 0 Å². The molecule has 2 atom stereocenters. The van der Waals surface area contributed by atoms with Gasteiger partial charge in [-0.1, -0.05) is 0 Å². The molecule has 0 fully saturated rings. The van der Waals surface area contributed by atoms with Crippen LogP contribution in [0.5, 0.6) is 0 Å². The van der Waals surface area contributed by atoms with Crippen LogP contribution >= 0.6 is 17.0 Å². The van der Waals surface area contributed by atoms with Gasteiger partial charge >= 0.3 is 295 Å². The molecule has 0 radical (unpaired) electrons. The molecular formula is C43H51Cl2SiZr. The summed E-state index contributed by atoms with van der Waals surface area (Å²) in [4.78, 5) is 0. The van der Waals surface area contributed by atoms with Crippen molar-refractivity contribution < 1.29 is 15.6 Å². The van der Waals surface area contributed by atoms with Crippen molar-refractivity contribution in [3.8, 4) is 22.3 Å². The van der Waals surface area contributed by atoms with E-state index < -0.39 is 21.5 Å². The number of hydrogen-bond acceptors (Lipinski definition) is 0. The Labute approximate surface area is 293 Å². The van der Waals surface area contributed by atoms with Crippen molar-refractivity contribution in [3.63, 3.8) is 0 Å². The van der Waals surface area contributed by atoms with Crippen molar-refractivity contribution in [3.05, 3.63) is 129 Å². The van der Waals surface area contributed by atoms with Gasteiger partial charge in [-0.2, -0.15) is 0 Å². The topological polar surface area (TPSA) is 0 Å². The van der Waals surface area contributed by atoms with E-state index in [9.17, 15) is 0 Å². The maximum atomic E-state index is 8.61. The molecule has 47 heavy (non-hydrogen) atoms. The van der Waals surface area contributed by atoms with Gasteiger partial charge in [-0.3, -0.25) is 0 Å². The first-order valence-electron chi connectivity index (χ1n) is 17.5. The second kappa shape index (κ2) is 12.4. The summed E-state index contributed by atoms with van der Waals surface area (Å²) < 4.78 is 0.174. The quantitative estimate of drug-likeness (QED) is 0.165. The van der Waals surface area contributed by atoms with Gasteiger partial charge in [0.1, 0.15) is 0 Å². The Morgan fingerprint density at radius 3 is 1.60 bits per heavy atom. The van der Waals surface area contributed by atoms with E-state index in [2.05, 4.69) is 166 Å². The standard InChI is InChI=1S/C22H25.C19H19.C2H7Si.2ClH.Zr/c1-15(2)18-13-17-7-6-8-20(21(17)14-18)16-9-11-19(12-10-16)22(3,4)5;1-13(2)15-7-9-16(10-8-15)18-6-4-5-17-11-14(3)12-19(17)18;1-3-2;;;/h6-15H,1-5H3;4-13H,1-3H3;3H,1-2H3;2*1H;/q;;;;;+2/p-2. The predicted molar refractivity (Wildman–Crippen MR) is 209 cm³/mol. The van der Waals surface area contributed by atoms with Crippen LogP contribution in [-0.4, -0.2) is 5.92 Å². The summed E-state index contributed by atoms with van der Waals surface area (Å²) in [6.07, 6.45) is 4.90. The van der Waals surface area contributed by atoms with E-state index in [1.807, 2.05) is 0 Å². The van der Waals surface area contributed by atoms with E-state index in [4.69, 9.17) is 17.0 Å². The molecule has 0 saturated heterocycles. The number of halogens is 2. The van der Waals surface area contributed by atoms with Crippen LogP contribution in [0.15, 0.2) is 96.1 Å². The second-order valence-electron chi connectivity index (χ2n) is 16.2. The average Bonchev–Trinajstić information content (AvgIpc) is 3.60. The summed E-state index contributed by atoms with van der Waals surface area (Å²) in [5, 5.41) is 0. The number of rotatable bonds is 7. The fraction of sp³-hybridized carbons (Fsp3) is 0.349. The van der Waals surface area contributed by atoms with Gasteiger partial charge in [0.2, 0.25) is 0 Å². The predicted octanol–water partition coefficient (Wildman–Crippen LogP) is 13.7. The minimum atomic E-state index is -4.80. The summed E-state index contributed by atoms with van der Waals surface area (Å²) in [5.74, 6) is -0.767. The molecule has 4 aromatic carbocycles. The first kappa shape index (κ1) is 34.9. The summed E-state index contributed by atoms with van der Waals surface area (Å²) >= 11 is -4.80. The van der Waals surface area contributed by atoms with Gasteiger partial charge in [0, 0.05) is 0 Å². The van der Waals surface area contributed by atoms with Crippen LogP contribution in [0, 0.1) is 5.92 Å². The van der Waals surface area contributed by atoms with Crippen molar-refractivity contribution in [1.82, 2.24) is 0 Å². The van der Waals surface area contributed by atoms with Crippen molar-refractivity contribution in [2.45, 2.75) is 87.1 Å². The van der Waals surface area contributed by atoms with Gasteiger partial charge in [-0.25, -0.2) is 0 Å². The van der Waals surface area contributed by atoms with E-state index in [1.165, 1.54) is 66.8 Å². The van der Waals surface area contributed by atoms with Gasteiger partial charge in [-0.15, -0.1) is 0 Å². The molecule has 4 aromatic rings. The Morgan fingerprint density at radius 1 is 0.638 bits per heavy atom. The molecule has 0 aromatic heterocycles. The molecule has 0 N–H and O–H groups in total. The third-order valence-electron chi connectivity index (χ3n) is 11.2. The van der Waals surface area contributed by atoms with Gasteiger partial charge in [0.25, 0.3) is 0 Å². The zero-order chi connectivity index (χ0) is 34.1. The zero-order valence-corrected chi connectivity index (χ0v) is 35.0. The second-order valence-corrected chi connectivity index (χ2v) is 58.7. The summed E-state index contributed by atoms with van der Waals surface area (Å²) in [5.41, 5.74) is 16.0. The van der Waals surface area contributed by atoms with E-state index >= 15 is 0 Å². The van der Waals surface area contributed by atoms with E-state index in [-0.39, 0.29) is 12.7 Å². The molecule has 0 heterocycles. The van der Waals surface area contributed by atoms with Crippen molar-refractivity contribution in [2.24, 2.45) is 5.92 Å². The summed E-state index contributed by atoms with van der Waals surface area (Å²) in [6.45, 7) is 23.2. The molecule has 0 aliphatic heterocycles. The van der Waals surface area contributed by atoms with Gasteiger partial charge in [0.05, 0.1) is 0 Å². The van der Waals surface area contributed by atoms with Gasteiger partial charge < -0.3 is 0 Å². The van der Waals surface area contributed by atoms with Crippen molar-refractivity contribution in [2.75, 3.05) is 0 Å². The van der Waals surface area contributed by atoms with Gasteiger partial charge in [0.15, 0.2) is 0 Å². The third kappa shape index (κ3) is 5.78. The number of hydrogen-bond donors (Lipinski definition) is 0. The maximum absolute atomic E-state index is 8.61. The fourth-order valence-corrected chi connectivity index (χ4v) is 40.6. The molecule has 0 bridgehead atoms. The Hall–Kier alpha value is -1.96. The summed E-state index contributed by atoms with van der Waals surface area (Å²) in [7, 11) is 17.2. The third-order valence-corrected chi connectivity index (χ3v) is 63.2. The molecular weight excluding hydrogens is 707 g/mol. The molecule has 2 unspecified atom stereocenters. The Morgan fingerprint density at radius 2 is 1.13 bits per heavy atom. The molecule has 0 saturated carbocycles. The molecule has 0 nitrogen and oxygen atoms in total. The van der Waals surface area contributed by atoms with Crippen molar-refractivity contribution >= 4 is 35.1 Å². The van der Waals surface area contributed by atoms with Crippen LogP contribution < -0.4 is 0 Å². The van der Waals surface area contributed by atoms with E-state index in [0.29, 0.717) is 11.8 Å². The Kier molecular flexibility index (Phi) is 9.22. The first-order chi connectivity index (χ1) is 22.0. The molecule has 2 aliphatic carbocycles. The van der Waals surface area contributed by atoms with Crippen LogP contribution in [-0.2, 0) is 21.0 Å². The van der Waals surface area contributed by atoms with Crippen LogP contribution in [0.4, 0.5) is 0 Å². The molecule has 245 valence electrons. The van der Waals surface area contributed by atoms with Gasteiger partial charge in [-0.05, 0) is 0 Å². The average molecular weight is 758 g/mol. The fourth-order valence-electron chi connectivity index (χ4n) is 8.36.